The van der Waals surface area contributed by atoms with Crippen LogP contribution in [0, 0.1) is 0 Å². The minimum absolute atomic E-state index is 0.0403. The number of hydrogen-bond acceptors (Lipinski definition) is 3. The number of carbonyl (C=O) groups is 2. The summed E-state index contributed by atoms with van der Waals surface area (Å²) in [6.45, 7) is 1.24. The van der Waals surface area contributed by atoms with Crippen LogP contribution in [0.1, 0.15) is 12.8 Å². The maximum atomic E-state index is 11.2. The molecule has 0 saturated carbocycles. The Balaban J connectivity index is 1.95. The summed E-state index contributed by atoms with van der Waals surface area (Å²) in [6, 6.07) is 0. The molecule has 15 heavy (non-hydrogen) atoms. The summed E-state index contributed by atoms with van der Waals surface area (Å²) in [5.74, 6) is -0.0403. The fraction of sp³-hybridized carbons (Fsp3) is 0.600. The van der Waals surface area contributed by atoms with Crippen LogP contribution in [0.25, 0.3) is 0 Å². The number of methoxy groups -OCH3 is 1. The van der Waals surface area contributed by atoms with Crippen molar-refractivity contribution in [3.05, 3.63) is 12.2 Å². The van der Waals surface area contributed by atoms with E-state index in [9.17, 15) is 9.59 Å². The lowest BCUT2D eigenvalue weighted by Gasteiger charge is -2.37. The Hall–Kier alpha value is -1.52. The van der Waals surface area contributed by atoms with Crippen LogP contribution in [0.2, 0.25) is 0 Å². The predicted molar refractivity (Wildman–Crippen MR) is 53.2 cm³/mol. The quantitative estimate of drug-likeness (QED) is 0.624. The number of amides is 2. The van der Waals surface area contributed by atoms with Crippen LogP contribution >= 0.6 is 0 Å². The van der Waals surface area contributed by atoms with Crippen molar-refractivity contribution in [1.29, 1.82) is 0 Å². The van der Waals surface area contributed by atoms with Crippen molar-refractivity contribution < 1.29 is 14.3 Å². The molecule has 2 aliphatic heterocycles. The maximum absolute atomic E-state index is 11.2. The van der Waals surface area contributed by atoms with E-state index >= 15 is 0 Å². The average molecular weight is 210 g/mol. The molecule has 0 aromatic heterocycles. The molecule has 82 valence electrons. The van der Waals surface area contributed by atoms with Gasteiger partial charge in [0, 0.05) is 19.2 Å². The van der Waals surface area contributed by atoms with Gasteiger partial charge in [-0.2, -0.15) is 0 Å². The third-order valence-corrected chi connectivity index (χ3v) is 3.01. The van der Waals surface area contributed by atoms with Gasteiger partial charge in [-0.25, -0.2) is 4.79 Å². The van der Waals surface area contributed by atoms with E-state index in [4.69, 9.17) is 0 Å². The SMILES string of the molecule is COC(=O)N1CCC2(C=CC(=O)N2)CC1. The minimum Gasteiger partial charge on any atom is -0.453 e. The lowest BCUT2D eigenvalue weighted by molar-refractivity contribution is -0.117. The smallest absolute Gasteiger partial charge is 0.409 e. The standard InChI is InChI=1S/C10H14N2O3/c1-15-9(14)12-6-4-10(5-7-12)3-2-8(13)11-10/h2-3H,4-7H2,1H3,(H,11,13). The number of nitrogens with one attached hydrogen (secondary N) is 1. The van der Waals surface area contributed by atoms with Gasteiger partial charge in [0.2, 0.25) is 5.91 Å². The van der Waals surface area contributed by atoms with Crippen molar-refractivity contribution in [2.75, 3.05) is 20.2 Å². The number of hydrogen-bond donors (Lipinski definition) is 1. The van der Waals surface area contributed by atoms with Gasteiger partial charge in [-0.15, -0.1) is 0 Å². The van der Waals surface area contributed by atoms with Gasteiger partial charge < -0.3 is 15.0 Å². The summed E-state index contributed by atoms with van der Waals surface area (Å²) in [5.41, 5.74) is -0.221. The van der Waals surface area contributed by atoms with E-state index in [1.165, 1.54) is 7.11 Å². The fourth-order valence-corrected chi connectivity index (χ4v) is 2.07. The Morgan fingerprint density at radius 1 is 1.53 bits per heavy atom. The molecule has 2 amide bonds. The van der Waals surface area contributed by atoms with Crippen molar-refractivity contribution in [2.45, 2.75) is 18.4 Å². The summed E-state index contributed by atoms with van der Waals surface area (Å²) in [7, 11) is 1.38. The predicted octanol–water partition coefficient (Wildman–Crippen LogP) is 0.273. The molecule has 1 saturated heterocycles. The third kappa shape index (κ3) is 1.82. The zero-order valence-electron chi connectivity index (χ0n) is 8.66. The van der Waals surface area contributed by atoms with Crippen molar-refractivity contribution in [2.24, 2.45) is 0 Å². The lowest BCUT2D eigenvalue weighted by atomic mass is 9.89. The molecule has 5 nitrogen and oxygen atoms in total. The summed E-state index contributed by atoms with van der Waals surface area (Å²) >= 11 is 0. The van der Waals surface area contributed by atoms with E-state index < -0.39 is 0 Å². The number of nitrogens with zero attached hydrogens (tertiary/aromatic N) is 1. The molecule has 1 spiro atoms. The molecule has 0 unspecified atom stereocenters. The first-order valence-corrected chi connectivity index (χ1v) is 4.99. The Labute approximate surface area is 88.1 Å². The second kappa shape index (κ2) is 3.56. The van der Waals surface area contributed by atoms with Crippen LogP contribution in [0.4, 0.5) is 4.79 Å². The Kier molecular flexibility index (Phi) is 2.38. The van der Waals surface area contributed by atoms with Crippen LogP contribution in [0.3, 0.4) is 0 Å². The zero-order valence-corrected chi connectivity index (χ0v) is 8.66. The van der Waals surface area contributed by atoms with E-state index in [1.807, 2.05) is 6.08 Å². The number of rotatable bonds is 0. The molecular formula is C10H14N2O3. The Bertz CT molecular complexity index is 317. The van der Waals surface area contributed by atoms with Gasteiger partial charge in [0.1, 0.15) is 0 Å². The van der Waals surface area contributed by atoms with Gasteiger partial charge in [-0.1, -0.05) is 6.08 Å². The summed E-state index contributed by atoms with van der Waals surface area (Å²) in [6.07, 6.45) is 4.69. The minimum atomic E-state index is -0.293. The molecule has 0 aromatic carbocycles. The van der Waals surface area contributed by atoms with Crippen LogP contribution < -0.4 is 5.32 Å². The fourth-order valence-electron chi connectivity index (χ4n) is 2.07. The molecule has 2 aliphatic rings. The van der Waals surface area contributed by atoms with E-state index in [1.54, 1.807) is 11.0 Å². The molecule has 1 N–H and O–H groups in total. The van der Waals surface area contributed by atoms with E-state index in [0.717, 1.165) is 12.8 Å². The molecule has 0 atom stereocenters. The first kappa shape index (κ1) is 10.0. The molecule has 1 fully saturated rings. The van der Waals surface area contributed by atoms with E-state index in [0.29, 0.717) is 13.1 Å². The highest BCUT2D eigenvalue weighted by atomic mass is 16.5. The maximum Gasteiger partial charge on any atom is 0.409 e. The molecule has 5 heteroatoms. The van der Waals surface area contributed by atoms with Crippen LogP contribution in [-0.4, -0.2) is 42.6 Å². The van der Waals surface area contributed by atoms with Crippen molar-refractivity contribution >= 4 is 12.0 Å². The molecule has 0 bridgehead atoms. The average Bonchev–Trinajstić information content (AvgIpc) is 2.60. The number of ether oxygens (including phenoxy) is 1. The van der Waals surface area contributed by atoms with E-state index in [2.05, 4.69) is 10.1 Å². The monoisotopic (exact) mass is 210 g/mol. The molecule has 0 aliphatic carbocycles. The third-order valence-electron chi connectivity index (χ3n) is 3.01. The molecule has 0 aromatic rings. The second-order valence-corrected chi connectivity index (χ2v) is 3.94. The molecule has 0 radical (unpaired) electrons. The highest BCUT2D eigenvalue weighted by molar-refractivity contribution is 5.91. The van der Waals surface area contributed by atoms with Gasteiger partial charge >= 0.3 is 6.09 Å². The van der Waals surface area contributed by atoms with Crippen molar-refractivity contribution in [3.63, 3.8) is 0 Å². The van der Waals surface area contributed by atoms with Gasteiger partial charge in [0.15, 0.2) is 0 Å². The van der Waals surface area contributed by atoms with Gasteiger partial charge in [0.25, 0.3) is 0 Å². The highest BCUT2D eigenvalue weighted by Gasteiger charge is 2.37. The lowest BCUT2D eigenvalue weighted by Crippen LogP contribution is -2.52. The van der Waals surface area contributed by atoms with Gasteiger partial charge in [-0.05, 0) is 12.8 Å². The number of likely N-dealkylation sites (tertiary alicyclic amines) is 1. The Morgan fingerprint density at radius 2 is 2.20 bits per heavy atom. The molecule has 2 heterocycles. The van der Waals surface area contributed by atoms with Gasteiger partial charge in [-0.3, -0.25) is 4.79 Å². The summed E-state index contributed by atoms with van der Waals surface area (Å²) in [4.78, 5) is 24.0. The van der Waals surface area contributed by atoms with Crippen LogP contribution in [0.5, 0.6) is 0 Å². The number of piperidine rings is 1. The normalized spacial score (nSPS) is 23.0. The topological polar surface area (TPSA) is 58.6 Å². The van der Waals surface area contributed by atoms with Crippen LogP contribution in [0.15, 0.2) is 12.2 Å². The molecule has 2 rings (SSSR count). The van der Waals surface area contributed by atoms with Crippen molar-refractivity contribution in [3.8, 4) is 0 Å². The molecular weight excluding hydrogens is 196 g/mol. The Morgan fingerprint density at radius 3 is 2.67 bits per heavy atom. The second-order valence-electron chi connectivity index (χ2n) is 3.94. The first-order valence-electron chi connectivity index (χ1n) is 4.99. The zero-order chi connectivity index (χ0) is 10.9. The first-order chi connectivity index (χ1) is 7.15. The summed E-state index contributed by atoms with van der Waals surface area (Å²) in [5, 5.41) is 2.92. The number of carbonyl (C=O) groups excluding carboxylic acids is 2. The summed E-state index contributed by atoms with van der Waals surface area (Å²) < 4.78 is 4.64. The largest absolute Gasteiger partial charge is 0.453 e. The van der Waals surface area contributed by atoms with E-state index in [-0.39, 0.29) is 17.5 Å². The van der Waals surface area contributed by atoms with Gasteiger partial charge in [0.05, 0.1) is 12.6 Å². The van der Waals surface area contributed by atoms with Crippen LogP contribution in [-0.2, 0) is 9.53 Å². The van der Waals surface area contributed by atoms with Crippen molar-refractivity contribution in [1.82, 2.24) is 10.2 Å². The highest BCUT2D eigenvalue weighted by Crippen LogP contribution is 2.26.